The smallest absolute Gasteiger partial charge is 0.213 e. The van der Waals surface area contributed by atoms with Crippen molar-refractivity contribution in [2.45, 2.75) is 37.5 Å². The van der Waals surface area contributed by atoms with E-state index in [9.17, 15) is 0 Å². The van der Waals surface area contributed by atoms with Crippen LogP contribution in [0.15, 0.2) is 24.4 Å². The predicted octanol–water partition coefficient (Wildman–Crippen LogP) is 1.70. The molecule has 1 saturated carbocycles. The molecule has 3 nitrogen and oxygen atoms in total. The summed E-state index contributed by atoms with van der Waals surface area (Å²) in [5, 5.41) is 0. The first-order valence-corrected chi connectivity index (χ1v) is 5.62. The maximum atomic E-state index is 5.87. The molecule has 0 aromatic carbocycles. The lowest BCUT2D eigenvalue weighted by Gasteiger charge is -2.53. The summed E-state index contributed by atoms with van der Waals surface area (Å²) in [7, 11) is 2.22. The van der Waals surface area contributed by atoms with Gasteiger partial charge >= 0.3 is 0 Å². The SMILES string of the molecule is CN1C2CC(Oc3ccccn3)CC1C2. The average Bonchev–Trinajstić information content (AvgIpc) is 2.30. The minimum atomic E-state index is 0.375. The lowest BCUT2D eigenvalue weighted by Crippen LogP contribution is -2.60. The zero-order valence-corrected chi connectivity index (χ0v) is 8.97. The summed E-state index contributed by atoms with van der Waals surface area (Å²) >= 11 is 0. The predicted molar refractivity (Wildman–Crippen MR) is 57.8 cm³/mol. The van der Waals surface area contributed by atoms with Gasteiger partial charge in [0.2, 0.25) is 5.88 Å². The van der Waals surface area contributed by atoms with E-state index in [-0.39, 0.29) is 0 Å². The highest BCUT2D eigenvalue weighted by atomic mass is 16.5. The Kier molecular flexibility index (Phi) is 2.13. The van der Waals surface area contributed by atoms with E-state index < -0.39 is 0 Å². The molecule has 3 heterocycles. The molecule has 4 rings (SSSR count). The van der Waals surface area contributed by atoms with Gasteiger partial charge < -0.3 is 9.64 Å². The van der Waals surface area contributed by atoms with Crippen LogP contribution in [0.3, 0.4) is 0 Å². The number of ether oxygens (including phenoxy) is 1. The molecule has 2 unspecified atom stereocenters. The summed E-state index contributed by atoms with van der Waals surface area (Å²) in [5.41, 5.74) is 0. The van der Waals surface area contributed by atoms with E-state index in [1.54, 1.807) is 6.20 Å². The third-order valence-electron chi connectivity index (χ3n) is 3.69. The van der Waals surface area contributed by atoms with E-state index in [1.807, 2.05) is 18.2 Å². The number of rotatable bonds is 2. The van der Waals surface area contributed by atoms with E-state index >= 15 is 0 Å². The van der Waals surface area contributed by atoms with E-state index in [1.165, 1.54) is 6.42 Å². The second-order valence-electron chi connectivity index (χ2n) is 4.59. The summed E-state index contributed by atoms with van der Waals surface area (Å²) in [6.07, 6.45) is 5.83. The fourth-order valence-electron chi connectivity index (χ4n) is 2.72. The summed E-state index contributed by atoms with van der Waals surface area (Å²) in [5.74, 6) is 0.770. The number of hydrogen-bond acceptors (Lipinski definition) is 3. The summed E-state index contributed by atoms with van der Waals surface area (Å²) < 4.78 is 5.87. The average molecular weight is 204 g/mol. The first-order valence-electron chi connectivity index (χ1n) is 5.62. The first kappa shape index (κ1) is 9.16. The Morgan fingerprint density at radius 3 is 2.67 bits per heavy atom. The van der Waals surface area contributed by atoms with Gasteiger partial charge in [-0.2, -0.15) is 0 Å². The Morgan fingerprint density at radius 2 is 2.07 bits per heavy atom. The lowest BCUT2D eigenvalue weighted by molar-refractivity contribution is -0.0569. The standard InChI is InChI=1S/C12H16N2O/c1-14-9-6-10(14)8-11(7-9)15-12-4-2-3-5-13-12/h2-5,9-11H,6-8H2,1H3. The zero-order valence-electron chi connectivity index (χ0n) is 8.97. The largest absolute Gasteiger partial charge is 0.474 e. The fourth-order valence-corrected chi connectivity index (χ4v) is 2.72. The molecule has 0 radical (unpaired) electrons. The van der Waals surface area contributed by atoms with Crippen LogP contribution in [0.5, 0.6) is 5.88 Å². The van der Waals surface area contributed by atoms with Crippen molar-refractivity contribution in [2.24, 2.45) is 0 Å². The Balaban J connectivity index is 1.62. The first-order chi connectivity index (χ1) is 7.33. The fraction of sp³-hybridized carbons (Fsp3) is 0.583. The summed E-state index contributed by atoms with van der Waals surface area (Å²) in [6.45, 7) is 0. The van der Waals surface area contributed by atoms with Gasteiger partial charge in [0.05, 0.1) is 0 Å². The van der Waals surface area contributed by atoms with E-state index in [2.05, 4.69) is 16.9 Å². The number of piperidine rings is 1. The minimum Gasteiger partial charge on any atom is -0.474 e. The number of pyridine rings is 1. The number of nitrogens with zero attached hydrogens (tertiary/aromatic N) is 2. The van der Waals surface area contributed by atoms with Crippen LogP contribution in [0.1, 0.15) is 19.3 Å². The molecule has 2 atom stereocenters. The van der Waals surface area contributed by atoms with Gasteiger partial charge in [-0.15, -0.1) is 0 Å². The molecule has 0 amide bonds. The van der Waals surface area contributed by atoms with E-state index in [0.717, 1.165) is 30.8 Å². The molecule has 3 heteroatoms. The molecule has 1 aromatic heterocycles. The molecule has 2 aliphatic heterocycles. The van der Waals surface area contributed by atoms with E-state index in [4.69, 9.17) is 4.74 Å². The van der Waals surface area contributed by atoms with Crippen molar-refractivity contribution in [3.63, 3.8) is 0 Å². The Hall–Kier alpha value is -1.09. The monoisotopic (exact) mass is 204 g/mol. The van der Waals surface area contributed by atoms with Crippen molar-refractivity contribution in [1.29, 1.82) is 0 Å². The van der Waals surface area contributed by atoms with Gasteiger partial charge in [0.1, 0.15) is 6.10 Å². The minimum absolute atomic E-state index is 0.375. The van der Waals surface area contributed by atoms with Crippen molar-refractivity contribution in [3.05, 3.63) is 24.4 Å². The maximum absolute atomic E-state index is 5.87. The van der Waals surface area contributed by atoms with Crippen LogP contribution in [-0.2, 0) is 0 Å². The Labute approximate surface area is 90.1 Å². The van der Waals surface area contributed by atoms with Crippen molar-refractivity contribution in [1.82, 2.24) is 9.88 Å². The topological polar surface area (TPSA) is 25.4 Å². The normalized spacial score (nSPS) is 34.6. The summed E-state index contributed by atoms with van der Waals surface area (Å²) in [4.78, 5) is 6.67. The van der Waals surface area contributed by atoms with Gasteiger partial charge in [-0.3, -0.25) is 0 Å². The number of aromatic nitrogens is 1. The quantitative estimate of drug-likeness (QED) is 0.733. The second kappa shape index (κ2) is 3.49. The molecule has 80 valence electrons. The molecule has 1 aliphatic carbocycles. The molecule has 2 bridgehead atoms. The van der Waals surface area contributed by atoms with Crippen LogP contribution in [0.25, 0.3) is 0 Å². The highest BCUT2D eigenvalue weighted by molar-refractivity contribution is 5.11. The maximum Gasteiger partial charge on any atom is 0.213 e. The number of fused-ring (bicyclic) bond motifs is 2. The van der Waals surface area contributed by atoms with Gasteiger partial charge in [0.25, 0.3) is 0 Å². The number of hydrogen-bond donors (Lipinski definition) is 0. The Morgan fingerprint density at radius 1 is 1.27 bits per heavy atom. The molecule has 0 N–H and O–H groups in total. The van der Waals surface area contributed by atoms with Crippen LogP contribution < -0.4 is 4.74 Å². The van der Waals surface area contributed by atoms with Gasteiger partial charge in [-0.05, 0) is 32.4 Å². The van der Waals surface area contributed by atoms with Crippen molar-refractivity contribution in [2.75, 3.05) is 7.05 Å². The van der Waals surface area contributed by atoms with Crippen LogP contribution in [0.2, 0.25) is 0 Å². The Bertz CT molecular complexity index is 329. The van der Waals surface area contributed by atoms with Gasteiger partial charge in [-0.1, -0.05) is 6.07 Å². The van der Waals surface area contributed by atoms with E-state index in [0.29, 0.717) is 6.10 Å². The highest BCUT2D eigenvalue weighted by Gasteiger charge is 2.43. The van der Waals surface area contributed by atoms with Crippen molar-refractivity contribution >= 4 is 0 Å². The molecule has 1 aromatic rings. The molecule has 3 fully saturated rings. The van der Waals surface area contributed by atoms with Crippen LogP contribution in [-0.4, -0.2) is 35.1 Å². The second-order valence-corrected chi connectivity index (χ2v) is 4.59. The highest BCUT2D eigenvalue weighted by Crippen LogP contribution is 2.37. The summed E-state index contributed by atoms with van der Waals surface area (Å²) in [6, 6.07) is 7.32. The molecule has 0 spiro atoms. The van der Waals surface area contributed by atoms with Crippen molar-refractivity contribution < 1.29 is 4.74 Å². The third kappa shape index (κ3) is 1.61. The molecule has 2 saturated heterocycles. The molecular weight excluding hydrogens is 188 g/mol. The van der Waals surface area contributed by atoms with Gasteiger partial charge in [-0.25, -0.2) is 4.98 Å². The van der Waals surface area contributed by atoms with Crippen LogP contribution in [0.4, 0.5) is 0 Å². The zero-order chi connectivity index (χ0) is 10.3. The third-order valence-corrected chi connectivity index (χ3v) is 3.69. The van der Waals surface area contributed by atoms with Crippen LogP contribution in [0, 0.1) is 0 Å². The van der Waals surface area contributed by atoms with Gasteiger partial charge in [0.15, 0.2) is 0 Å². The van der Waals surface area contributed by atoms with Crippen LogP contribution >= 0.6 is 0 Å². The van der Waals surface area contributed by atoms with Gasteiger partial charge in [0, 0.05) is 24.3 Å². The van der Waals surface area contributed by atoms with Crippen molar-refractivity contribution in [3.8, 4) is 5.88 Å². The lowest BCUT2D eigenvalue weighted by atomic mass is 9.79. The molecule has 15 heavy (non-hydrogen) atoms. The molecular formula is C12H16N2O. The molecule has 3 aliphatic rings.